The van der Waals surface area contributed by atoms with Crippen LogP contribution in [0.5, 0.6) is 5.75 Å². The van der Waals surface area contributed by atoms with Crippen molar-refractivity contribution in [2.45, 2.75) is 89.8 Å². The third-order valence-corrected chi connectivity index (χ3v) is 10.6. The zero-order valence-electron chi connectivity index (χ0n) is 21.3. The molecule has 0 heterocycles. The molecule has 186 valence electrons. The van der Waals surface area contributed by atoms with Gasteiger partial charge < -0.3 is 9.84 Å². The van der Waals surface area contributed by atoms with Crippen molar-refractivity contribution in [3.8, 4) is 5.75 Å². The van der Waals surface area contributed by atoms with Crippen molar-refractivity contribution in [3.63, 3.8) is 0 Å². The number of hydrogen-bond donors (Lipinski definition) is 1. The lowest BCUT2D eigenvalue weighted by Crippen LogP contribution is -2.56. The van der Waals surface area contributed by atoms with Gasteiger partial charge in [0.25, 0.3) is 0 Å². The largest absolute Gasteiger partial charge is 0.489 e. The summed E-state index contributed by atoms with van der Waals surface area (Å²) in [6.45, 7) is 5.25. The number of ether oxygens (including phenoxy) is 1. The number of carbonyl (C=O) groups excluding carboxylic acids is 1. The lowest BCUT2D eigenvalue weighted by atomic mass is 9.49. The summed E-state index contributed by atoms with van der Waals surface area (Å²) in [5, 5.41) is 12.0. The van der Waals surface area contributed by atoms with Crippen molar-refractivity contribution in [2.24, 2.45) is 29.1 Å². The second-order valence-electron chi connectivity index (χ2n) is 12.2. The maximum atomic E-state index is 12.4. The van der Waals surface area contributed by atoms with Crippen molar-refractivity contribution in [1.29, 1.82) is 0 Å². The second-order valence-corrected chi connectivity index (χ2v) is 12.2. The molecule has 4 unspecified atom stereocenters. The molecule has 3 saturated carbocycles. The Balaban J connectivity index is 1.30. The number of benzene rings is 2. The van der Waals surface area contributed by atoms with Crippen molar-refractivity contribution < 1.29 is 14.6 Å². The number of Topliss-reactive ketones (excluding diaryl/α,β-unsaturated/α-hetero) is 1. The van der Waals surface area contributed by atoms with Gasteiger partial charge in [0, 0.05) is 18.3 Å². The molecule has 0 aliphatic heterocycles. The molecule has 4 aliphatic carbocycles. The van der Waals surface area contributed by atoms with Gasteiger partial charge in [0.1, 0.15) is 18.1 Å². The summed E-state index contributed by atoms with van der Waals surface area (Å²) < 4.78 is 6.20. The van der Waals surface area contributed by atoms with Crippen LogP contribution in [0, 0.1) is 29.1 Å². The van der Waals surface area contributed by atoms with E-state index in [1.165, 1.54) is 29.5 Å². The van der Waals surface area contributed by atoms with Crippen LogP contribution >= 0.6 is 0 Å². The van der Waals surface area contributed by atoms with Crippen molar-refractivity contribution in [1.82, 2.24) is 0 Å². The minimum Gasteiger partial charge on any atom is -0.489 e. The predicted octanol–water partition coefficient (Wildman–Crippen LogP) is 6.86. The molecule has 0 radical (unpaired) electrons. The highest BCUT2D eigenvalue weighted by molar-refractivity contribution is 5.80. The second kappa shape index (κ2) is 8.76. The molecule has 3 fully saturated rings. The third-order valence-electron chi connectivity index (χ3n) is 10.6. The molecule has 0 amide bonds. The van der Waals surface area contributed by atoms with Gasteiger partial charge in [-0.2, -0.15) is 0 Å². The first kappa shape index (κ1) is 23.3. The first-order valence-corrected chi connectivity index (χ1v) is 14.0. The molecular formula is C32H40O3. The highest BCUT2D eigenvalue weighted by Crippen LogP contribution is 2.69. The minimum absolute atomic E-state index is 0.128. The van der Waals surface area contributed by atoms with Gasteiger partial charge in [-0.15, -0.1) is 0 Å². The molecule has 0 aromatic heterocycles. The predicted molar refractivity (Wildman–Crippen MR) is 138 cm³/mol. The molecule has 7 atom stereocenters. The molecule has 0 spiro atoms. The SMILES string of the molecule is CCCC1Cc2cc(OCc3ccccc3)ccc2C2CC[C@@]3(C)C(C[C@H]4CCC(=O)C[C@]43O)C12. The molecule has 6 rings (SSSR count). The quantitative estimate of drug-likeness (QED) is 0.517. The van der Waals surface area contributed by atoms with Crippen LogP contribution in [-0.4, -0.2) is 16.5 Å². The van der Waals surface area contributed by atoms with E-state index in [4.69, 9.17) is 4.74 Å². The summed E-state index contributed by atoms with van der Waals surface area (Å²) in [6.07, 6.45) is 8.75. The van der Waals surface area contributed by atoms with Gasteiger partial charge in [0.15, 0.2) is 0 Å². The van der Waals surface area contributed by atoms with E-state index in [1.807, 2.05) is 6.07 Å². The fourth-order valence-electron chi connectivity index (χ4n) is 8.94. The number of rotatable bonds is 5. The van der Waals surface area contributed by atoms with Crippen LogP contribution in [0.15, 0.2) is 48.5 Å². The van der Waals surface area contributed by atoms with Crippen molar-refractivity contribution in [3.05, 3.63) is 65.2 Å². The maximum absolute atomic E-state index is 12.4. The average Bonchev–Trinajstić information content (AvgIpc) is 3.09. The summed E-state index contributed by atoms with van der Waals surface area (Å²) in [5.41, 5.74) is 3.28. The summed E-state index contributed by atoms with van der Waals surface area (Å²) in [4.78, 5) is 12.4. The van der Waals surface area contributed by atoms with Gasteiger partial charge in [0.05, 0.1) is 5.60 Å². The number of ketones is 1. The molecule has 4 aliphatic rings. The Morgan fingerprint density at radius 1 is 1.11 bits per heavy atom. The molecule has 0 bridgehead atoms. The lowest BCUT2D eigenvalue weighted by Gasteiger charge is -2.56. The van der Waals surface area contributed by atoms with Gasteiger partial charge in [-0.25, -0.2) is 0 Å². The number of aliphatic hydroxyl groups is 1. The van der Waals surface area contributed by atoms with Crippen LogP contribution in [0.25, 0.3) is 0 Å². The third kappa shape index (κ3) is 3.68. The minimum atomic E-state index is -0.788. The highest BCUT2D eigenvalue weighted by atomic mass is 16.5. The molecule has 35 heavy (non-hydrogen) atoms. The van der Waals surface area contributed by atoms with Crippen LogP contribution < -0.4 is 4.74 Å². The molecule has 0 saturated heterocycles. The summed E-state index contributed by atoms with van der Waals surface area (Å²) in [6, 6.07) is 17.2. The Bertz CT molecular complexity index is 1090. The van der Waals surface area contributed by atoms with Crippen LogP contribution in [-0.2, 0) is 17.8 Å². The summed E-state index contributed by atoms with van der Waals surface area (Å²) >= 11 is 0. The lowest BCUT2D eigenvalue weighted by molar-refractivity contribution is -0.156. The van der Waals surface area contributed by atoms with E-state index >= 15 is 0 Å². The van der Waals surface area contributed by atoms with Crippen LogP contribution in [0.3, 0.4) is 0 Å². The Hall–Kier alpha value is -2.13. The van der Waals surface area contributed by atoms with E-state index in [2.05, 4.69) is 56.3 Å². The number of fused-ring (bicyclic) bond motifs is 7. The van der Waals surface area contributed by atoms with E-state index < -0.39 is 5.60 Å². The normalized spacial score (nSPS) is 37.7. The van der Waals surface area contributed by atoms with Crippen molar-refractivity contribution in [2.75, 3.05) is 0 Å². The molecule has 1 N–H and O–H groups in total. The van der Waals surface area contributed by atoms with E-state index in [0.717, 1.165) is 37.9 Å². The molecule has 3 nitrogen and oxygen atoms in total. The number of hydrogen-bond acceptors (Lipinski definition) is 3. The summed E-state index contributed by atoms with van der Waals surface area (Å²) in [7, 11) is 0. The smallest absolute Gasteiger partial charge is 0.135 e. The van der Waals surface area contributed by atoms with E-state index in [9.17, 15) is 9.90 Å². The monoisotopic (exact) mass is 472 g/mol. The zero-order valence-corrected chi connectivity index (χ0v) is 21.3. The van der Waals surface area contributed by atoms with Gasteiger partial charge >= 0.3 is 0 Å². The van der Waals surface area contributed by atoms with Crippen molar-refractivity contribution >= 4 is 5.78 Å². The number of carbonyl (C=O) groups is 1. The summed E-state index contributed by atoms with van der Waals surface area (Å²) in [5.74, 6) is 3.88. The van der Waals surface area contributed by atoms with Crippen LogP contribution in [0.1, 0.15) is 87.8 Å². The zero-order chi connectivity index (χ0) is 24.2. The Morgan fingerprint density at radius 2 is 1.94 bits per heavy atom. The van der Waals surface area contributed by atoms with Crippen LogP contribution in [0.4, 0.5) is 0 Å². The van der Waals surface area contributed by atoms with Gasteiger partial charge in [-0.3, -0.25) is 4.79 Å². The molecule has 3 heteroatoms. The van der Waals surface area contributed by atoms with E-state index in [0.29, 0.717) is 49.0 Å². The average molecular weight is 473 g/mol. The fourth-order valence-corrected chi connectivity index (χ4v) is 8.94. The standard InChI is InChI=1S/C32H40O3/c1-3-7-22-16-23-17-26(35-20-21-8-5-4-6-9-21)12-13-27(23)28-14-15-31(2)29(30(22)28)18-24-10-11-25(33)19-32(24,31)34/h4-6,8-9,12-13,17,22,24,28-30,34H,3,7,10-11,14-16,18-20H2,1-2H3/t22?,24-,28?,29?,30?,31+,32+/m1/s1. The van der Waals surface area contributed by atoms with Gasteiger partial charge in [-0.1, -0.05) is 63.1 Å². The first-order valence-electron chi connectivity index (χ1n) is 14.0. The highest BCUT2D eigenvalue weighted by Gasteiger charge is 2.67. The maximum Gasteiger partial charge on any atom is 0.135 e. The topological polar surface area (TPSA) is 46.5 Å². The first-order chi connectivity index (χ1) is 16.9. The van der Waals surface area contributed by atoms with Crippen LogP contribution in [0.2, 0.25) is 0 Å². The van der Waals surface area contributed by atoms with E-state index in [1.54, 1.807) is 0 Å². The Labute approximate surface area is 210 Å². The van der Waals surface area contributed by atoms with Gasteiger partial charge in [0.2, 0.25) is 0 Å². The molecule has 2 aromatic rings. The Morgan fingerprint density at radius 3 is 2.74 bits per heavy atom. The van der Waals surface area contributed by atoms with E-state index in [-0.39, 0.29) is 11.2 Å². The van der Waals surface area contributed by atoms with Gasteiger partial charge in [-0.05, 0) is 90.5 Å². The Kier molecular flexibility index (Phi) is 5.83. The molecule has 2 aromatic carbocycles. The molecular weight excluding hydrogens is 432 g/mol. The fraction of sp³-hybridized carbons (Fsp3) is 0.594.